The topological polar surface area (TPSA) is 109 Å². The standard InChI is InChI=1S/C30H27FN4O3S/c1-17(2)9-19-12-25-27(13-24(19)20-11-22(16-33-15-20)39(31,37)38)35(21-5-3-4-6-21)30-28(29(25)36)23-8-7-18(14-32)10-26(23)34-30/h7-8,10-13,15-17,21,34H,3-6,9H2,1-2H3. The van der Waals surface area contributed by atoms with Crippen molar-refractivity contribution in [3.63, 3.8) is 0 Å². The molecule has 2 aromatic carbocycles. The maximum atomic E-state index is 14.1. The van der Waals surface area contributed by atoms with Crippen molar-refractivity contribution < 1.29 is 12.3 Å². The molecule has 1 saturated carbocycles. The van der Waals surface area contributed by atoms with Gasteiger partial charge in [-0.25, -0.2) is 0 Å². The van der Waals surface area contributed by atoms with Crippen LogP contribution in [0.1, 0.15) is 56.7 Å². The molecule has 0 atom stereocenters. The van der Waals surface area contributed by atoms with Gasteiger partial charge in [0, 0.05) is 40.3 Å². The number of hydrogen-bond acceptors (Lipinski definition) is 5. The van der Waals surface area contributed by atoms with Gasteiger partial charge in [0.1, 0.15) is 10.5 Å². The summed E-state index contributed by atoms with van der Waals surface area (Å²) in [4.78, 5) is 21.1. The third kappa shape index (κ3) is 4.29. The quantitative estimate of drug-likeness (QED) is 0.254. The third-order valence-corrected chi connectivity index (χ3v) is 8.51. The number of nitriles is 1. The number of halogens is 1. The Balaban J connectivity index is 1.75. The molecule has 0 saturated heterocycles. The van der Waals surface area contributed by atoms with Crippen LogP contribution in [0.15, 0.2) is 58.5 Å². The van der Waals surface area contributed by atoms with Crippen LogP contribution in [0.5, 0.6) is 0 Å². The second-order valence-corrected chi connectivity index (χ2v) is 12.2. The van der Waals surface area contributed by atoms with Crippen LogP contribution in [0, 0.1) is 17.2 Å². The number of nitrogens with one attached hydrogen (secondary N) is 1. The van der Waals surface area contributed by atoms with Gasteiger partial charge in [-0.05, 0) is 66.6 Å². The van der Waals surface area contributed by atoms with Crippen LogP contribution in [-0.2, 0) is 16.6 Å². The number of benzene rings is 2. The summed E-state index contributed by atoms with van der Waals surface area (Å²) in [5.41, 5.74) is 4.67. The van der Waals surface area contributed by atoms with E-state index in [1.165, 1.54) is 12.3 Å². The number of nitrogens with zero attached hydrogens (tertiary/aromatic N) is 3. The van der Waals surface area contributed by atoms with Crippen molar-refractivity contribution in [2.24, 2.45) is 5.92 Å². The Morgan fingerprint density at radius 2 is 1.90 bits per heavy atom. The summed E-state index contributed by atoms with van der Waals surface area (Å²) in [6, 6.07) is 12.8. The summed E-state index contributed by atoms with van der Waals surface area (Å²) >= 11 is 0. The van der Waals surface area contributed by atoms with E-state index in [-0.39, 0.29) is 17.4 Å². The molecule has 7 nitrogen and oxygen atoms in total. The molecule has 1 aliphatic rings. The van der Waals surface area contributed by atoms with Crippen molar-refractivity contribution in [3.05, 3.63) is 70.1 Å². The smallest absolute Gasteiger partial charge is 0.333 e. The van der Waals surface area contributed by atoms with Crippen molar-refractivity contribution in [3.8, 4) is 17.2 Å². The molecular formula is C30H27FN4O3S. The summed E-state index contributed by atoms with van der Waals surface area (Å²) in [5, 5.41) is 11.4. The fourth-order valence-electron chi connectivity index (χ4n) is 6.05. The molecule has 0 aliphatic heterocycles. The number of fused-ring (bicyclic) bond motifs is 4. The molecule has 0 unspecified atom stereocenters. The molecule has 39 heavy (non-hydrogen) atoms. The van der Waals surface area contributed by atoms with E-state index in [9.17, 15) is 22.4 Å². The van der Waals surface area contributed by atoms with Gasteiger partial charge in [0.2, 0.25) is 0 Å². The van der Waals surface area contributed by atoms with Crippen molar-refractivity contribution >= 4 is 43.1 Å². The van der Waals surface area contributed by atoms with E-state index >= 15 is 0 Å². The van der Waals surface area contributed by atoms with E-state index in [0.29, 0.717) is 34.0 Å². The van der Waals surface area contributed by atoms with Gasteiger partial charge >= 0.3 is 10.2 Å². The van der Waals surface area contributed by atoms with E-state index in [2.05, 4.69) is 34.5 Å². The first-order chi connectivity index (χ1) is 18.7. The van der Waals surface area contributed by atoms with Crippen molar-refractivity contribution in [2.75, 3.05) is 0 Å². The predicted octanol–water partition coefficient (Wildman–Crippen LogP) is 6.54. The maximum Gasteiger partial charge on any atom is 0.333 e. The number of aromatic amines is 1. The summed E-state index contributed by atoms with van der Waals surface area (Å²) in [5.74, 6) is 0.250. The first kappa shape index (κ1) is 25.3. The van der Waals surface area contributed by atoms with Crippen LogP contribution in [0.25, 0.3) is 44.0 Å². The number of aromatic nitrogens is 3. The Morgan fingerprint density at radius 3 is 2.59 bits per heavy atom. The van der Waals surface area contributed by atoms with Crippen molar-refractivity contribution in [1.29, 1.82) is 5.26 Å². The number of H-pyrrole nitrogens is 1. The summed E-state index contributed by atoms with van der Waals surface area (Å²) in [6.07, 6.45) is 7.26. The van der Waals surface area contributed by atoms with Gasteiger partial charge in [0.25, 0.3) is 0 Å². The monoisotopic (exact) mass is 542 g/mol. The van der Waals surface area contributed by atoms with Gasteiger partial charge in [0.15, 0.2) is 5.43 Å². The zero-order valence-corrected chi connectivity index (χ0v) is 22.5. The minimum atomic E-state index is -4.93. The molecule has 0 radical (unpaired) electrons. The maximum absolute atomic E-state index is 14.1. The highest BCUT2D eigenvalue weighted by molar-refractivity contribution is 7.86. The molecule has 9 heteroatoms. The van der Waals surface area contributed by atoms with Gasteiger partial charge in [0.05, 0.1) is 22.5 Å². The van der Waals surface area contributed by atoms with Crippen LogP contribution < -0.4 is 5.43 Å². The SMILES string of the molecule is CC(C)Cc1cc2c(=O)c3c4ccc(C#N)cc4[nH]c3n(C3CCCC3)c2cc1-c1cncc(S(=O)(=O)F)c1. The lowest BCUT2D eigenvalue weighted by atomic mass is 9.92. The van der Waals surface area contributed by atoms with E-state index < -0.39 is 15.1 Å². The van der Waals surface area contributed by atoms with Gasteiger partial charge in [-0.15, -0.1) is 3.89 Å². The Morgan fingerprint density at radius 1 is 1.13 bits per heavy atom. The number of hydrogen-bond donors (Lipinski definition) is 1. The predicted molar refractivity (Wildman–Crippen MR) is 150 cm³/mol. The molecule has 3 aromatic heterocycles. The Hall–Kier alpha value is -4.03. The minimum Gasteiger partial charge on any atom is -0.340 e. The molecule has 0 amide bonds. The van der Waals surface area contributed by atoms with Crippen LogP contribution in [-0.4, -0.2) is 23.0 Å². The van der Waals surface area contributed by atoms with Crippen LogP contribution in [0.4, 0.5) is 3.89 Å². The lowest BCUT2D eigenvalue weighted by molar-refractivity contribution is 0.545. The molecule has 1 N–H and O–H groups in total. The summed E-state index contributed by atoms with van der Waals surface area (Å²) in [6.45, 7) is 4.14. The van der Waals surface area contributed by atoms with E-state index in [1.807, 2.05) is 18.2 Å². The summed E-state index contributed by atoms with van der Waals surface area (Å²) in [7, 11) is -4.93. The minimum absolute atomic E-state index is 0.0972. The molecule has 0 bridgehead atoms. The molecule has 0 spiro atoms. The lowest BCUT2D eigenvalue weighted by Crippen LogP contribution is -2.15. The molecule has 6 rings (SSSR count). The second-order valence-electron chi connectivity index (χ2n) is 10.8. The zero-order chi connectivity index (χ0) is 27.5. The highest BCUT2D eigenvalue weighted by Gasteiger charge is 2.25. The van der Waals surface area contributed by atoms with E-state index in [0.717, 1.165) is 59.4 Å². The molecule has 1 aliphatic carbocycles. The Labute approximate surface area is 225 Å². The van der Waals surface area contributed by atoms with Crippen molar-refractivity contribution in [2.45, 2.75) is 56.9 Å². The zero-order valence-electron chi connectivity index (χ0n) is 21.7. The second kappa shape index (κ2) is 9.31. The highest BCUT2D eigenvalue weighted by atomic mass is 32.3. The molecule has 5 aromatic rings. The number of pyridine rings is 2. The van der Waals surface area contributed by atoms with Gasteiger partial charge < -0.3 is 9.55 Å². The lowest BCUT2D eigenvalue weighted by Gasteiger charge is -2.22. The van der Waals surface area contributed by atoms with Crippen LogP contribution in [0.2, 0.25) is 0 Å². The third-order valence-electron chi connectivity index (χ3n) is 7.73. The average Bonchev–Trinajstić information content (AvgIpc) is 3.56. The normalized spacial score (nSPS) is 14.6. The Bertz CT molecular complexity index is 2000. The van der Waals surface area contributed by atoms with Crippen LogP contribution >= 0.6 is 0 Å². The molecular weight excluding hydrogens is 515 g/mol. The van der Waals surface area contributed by atoms with Gasteiger partial charge in [-0.1, -0.05) is 32.8 Å². The first-order valence-corrected chi connectivity index (χ1v) is 14.5. The fourth-order valence-corrected chi connectivity index (χ4v) is 6.51. The largest absolute Gasteiger partial charge is 0.340 e. The van der Waals surface area contributed by atoms with Crippen molar-refractivity contribution in [1.82, 2.24) is 14.5 Å². The molecule has 198 valence electrons. The fraction of sp³-hybridized carbons (Fsp3) is 0.300. The number of rotatable bonds is 5. The Kier molecular flexibility index (Phi) is 6.03. The van der Waals surface area contributed by atoms with E-state index in [1.54, 1.807) is 12.1 Å². The van der Waals surface area contributed by atoms with Gasteiger partial charge in [-0.2, -0.15) is 13.7 Å². The first-order valence-electron chi connectivity index (χ1n) is 13.1. The van der Waals surface area contributed by atoms with Crippen LogP contribution in [0.3, 0.4) is 0 Å². The summed E-state index contributed by atoms with van der Waals surface area (Å²) < 4.78 is 39.4. The highest BCUT2D eigenvalue weighted by Crippen LogP contribution is 2.39. The molecule has 3 heterocycles. The average molecular weight is 543 g/mol. The van der Waals surface area contributed by atoms with Gasteiger partial charge in [-0.3, -0.25) is 9.78 Å². The van der Waals surface area contributed by atoms with E-state index in [4.69, 9.17) is 0 Å². The molecule has 1 fully saturated rings.